The maximum Gasteiger partial charge on any atom is 0.243 e. The van der Waals surface area contributed by atoms with E-state index in [0.717, 1.165) is 23.4 Å². The summed E-state index contributed by atoms with van der Waals surface area (Å²) in [6, 6.07) is 10.5. The van der Waals surface area contributed by atoms with Crippen molar-refractivity contribution in [3.05, 3.63) is 52.5 Å². The van der Waals surface area contributed by atoms with Gasteiger partial charge >= 0.3 is 0 Å². The first kappa shape index (κ1) is 25.8. The summed E-state index contributed by atoms with van der Waals surface area (Å²) in [5.41, 5.74) is 0.708. The highest BCUT2D eigenvalue weighted by atomic mass is 35.5. The number of benzene rings is 2. The summed E-state index contributed by atoms with van der Waals surface area (Å²) in [6.45, 7) is 1.08. The second-order valence-electron chi connectivity index (χ2n) is 7.72. The molecule has 3 rings (SSSR count). The van der Waals surface area contributed by atoms with Crippen molar-refractivity contribution in [1.29, 1.82) is 0 Å². The van der Waals surface area contributed by atoms with Crippen molar-refractivity contribution in [2.75, 3.05) is 35.5 Å². The normalized spacial score (nSPS) is 14.9. The average Bonchev–Trinajstić information content (AvgIpc) is 3.29. The van der Waals surface area contributed by atoms with E-state index in [1.807, 2.05) is 0 Å². The van der Waals surface area contributed by atoms with Crippen molar-refractivity contribution in [3.8, 4) is 0 Å². The molecule has 8 nitrogen and oxygen atoms in total. The molecule has 1 N–H and O–H groups in total. The molecule has 33 heavy (non-hydrogen) atoms. The van der Waals surface area contributed by atoms with Crippen LogP contribution in [-0.2, 0) is 24.8 Å². The SMILES string of the molecule is CS(=O)(=O)N(CCCC(=O)Nc1ccc(S(=O)(=O)N2CCCC2)cc1)c1cc(Cl)ccc1Cl. The molecule has 2 aromatic rings. The van der Waals surface area contributed by atoms with Gasteiger partial charge in [0, 0.05) is 36.8 Å². The highest BCUT2D eigenvalue weighted by Crippen LogP contribution is 2.31. The van der Waals surface area contributed by atoms with Gasteiger partial charge in [-0.2, -0.15) is 4.31 Å². The van der Waals surface area contributed by atoms with Gasteiger partial charge in [-0.3, -0.25) is 9.10 Å². The molecule has 0 saturated carbocycles. The van der Waals surface area contributed by atoms with Crippen LogP contribution in [0, 0.1) is 0 Å². The smallest absolute Gasteiger partial charge is 0.243 e. The van der Waals surface area contributed by atoms with Gasteiger partial charge in [0.25, 0.3) is 0 Å². The Labute approximate surface area is 204 Å². The second kappa shape index (κ2) is 10.6. The molecular formula is C21H25Cl2N3O5S2. The van der Waals surface area contributed by atoms with Gasteiger partial charge in [-0.1, -0.05) is 23.2 Å². The van der Waals surface area contributed by atoms with Gasteiger partial charge in [0.05, 0.1) is 21.9 Å². The number of carbonyl (C=O) groups excluding carboxylic acids is 1. The van der Waals surface area contributed by atoms with Crippen molar-refractivity contribution >= 4 is 60.5 Å². The first-order valence-electron chi connectivity index (χ1n) is 10.3. The fraction of sp³-hybridized carbons (Fsp3) is 0.381. The molecule has 12 heteroatoms. The van der Waals surface area contributed by atoms with E-state index in [2.05, 4.69) is 5.32 Å². The molecule has 2 aromatic carbocycles. The standard InChI is InChI=1S/C21H25Cl2N3O5S2/c1-32(28,29)26(20-15-16(22)6-11-19(20)23)14-4-5-21(27)24-17-7-9-18(10-8-17)33(30,31)25-12-2-3-13-25/h6-11,15H,2-5,12-14H2,1H3,(H,24,27). The molecule has 1 amide bonds. The number of carbonyl (C=O) groups is 1. The molecule has 1 aliphatic rings. The fourth-order valence-corrected chi connectivity index (χ4v) is 6.46. The maximum absolute atomic E-state index is 12.6. The van der Waals surface area contributed by atoms with E-state index in [0.29, 0.717) is 23.8 Å². The second-order valence-corrected chi connectivity index (χ2v) is 12.4. The molecule has 1 heterocycles. The number of hydrogen-bond donors (Lipinski definition) is 1. The molecule has 0 spiro atoms. The van der Waals surface area contributed by atoms with Crippen molar-refractivity contribution in [2.45, 2.75) is 30.6 Å². The Hall–Kier alpha value is -1.85. The van der Waals surface area contributed by atoms with Gasteiger partial charge < -0.3 is 5.32 Å². The van der Waals surface area contributed by atoms with E-state index < -0.39 is 20.0 Å². The van der Waals surface area contributed by atoms with E-state index >= 15 is 0 Å². The van der Waals surface area contributed by atoms with Gasteiger partial charge in [0.15, 0.2) is 0 Å². The summed E-state index contributed by atoms with van der Waals surface area (Å²) < 4.78 is 52.2. The van der Waals surface area contributed by atoms with Crippen LogP contribution in [0.5, 0.6) is 0 Å². The number of hydrogen-bond acceptors (Lipinski definition) is 5. The van der Waals surface area contributed by atoms with Gasteiger partial charge in [0.2, 0.25) is 26.0 Å². The monoisotopic (exact) mass is 533 g/mol. The molecule has 0 bridgehead atoms. The van der Waals surface area contributed by atoms with Crippen LogP contribution >= 0.6 is 23.2 Å². The third-order valence-electron chi connectivity index (χ3n) is 5.18. The van der Waals surface area contributed by atoms with Crippen molar-refractivity contribution in [2.24, 2.45) is 0 Å². The molecule has 1 saturated heterocycles. The Morgan fingerprint density at radius 2 is 1.67 bits per heavy atom. The summed E-state index contributed by atoms with van der Waals surface area (Å²) in [7, 11) is -7.16. The Morgan fingerprint density at radius 1 is 1.03 bits per heavy atom. The Morgan fingerprint density at radius 3 is 2.27 bits per heavy atom. The lowest BCUT2D eigenvalue weighted by atomic mass is 10.2. The number of nitrogens with one attached hydrogen (secondary N) is 1. The molecule has 0 aliphatic carbocycles. The predicted octanol–water partition coefficient (Wildman–Crippen LogP) is 3.96. The summed E-state index contributed by atoms with van der Waals surface area (Å²) >= 11 is 12.1. The first-order valence-corrected chi connectivity index (χ1v) is 14.4. The van der Waals surface area contributed by atoms with E-state index in [1.54, 1.807) is 6.07 Å². The molecule has 0 unspecified atom stereocenters. The summed E-state index contributed by atoms with van der Waals surface area (Å²) in [6.07, 6.45) is 3.06. The number of halogens is 2. The number of amides is 1. The molecule has 0 atom stereocenters. The number of rotatable bonds is 9. The largest absolute Gasteiger partial charge is 0.326 e. The molecule has 1 aliphatic heterocycles. The zero-order valence-corrected chi connectivity index (χ0v) is 21.1. The lowest BCUT2D eigenvalue weighted by molar-refractivity contribution is -0.116. The lowest BCUT2D eigenvalue weighted by Crippen LogP contribution is -2.31. The number of nitrogens with zero attached hydrogens (tertiary/aromatic N) is 2. The van der Waals surface area contributed by atoms with E-state index in [4.69, 9.17) is 23.2 Å². The van der Waals surface area contributed by atoms with Crippen LogP contribution in [0.15, 0.2) is 47.4 Å². The first-order chi connectivity index (χ1) is 15.5. The van der Waals surface area contributed by atoms with Crippen molar-refractivity contribution in [1.82, 2.24) is 4.31 Å². The molecule has 1 fully saturated rings. The van der Waals surface area contributed by atoms with Crippen LogP contribution in [0.25, 0.3) is 0 Å². The number of sulfonamides is 2. The van der Waals surface area contributed by atoms with Gasteiger partial charge in [-0.05, 0) is 61.7 Å². The molecule has 0 aromatic heterocycles. The summed E-state index contributed by atoms with van der Waals surface area (Å²) in [5.74, 6) is -0.323. The van der Waals surface area contributed by atoms with Gasteiger partial charge in [-0.15, -0.1) is 0 Å². The summed E-state index contributed by atoms with van der Waals surface area (Å²) in [4.78, 5) is 12.5. The third-order valence-corrected chi connectivity index (χ3v) is 8.83. The van der Waals surface area contributed by atoms with E-state index in [1.165, 1.54) is 40.7 Å². The van der Waals surface area contributed by atoms with E-state index in [9.17, 15) is 21.6 Å². The van der Waals surface area contributed by atoms with Crippen LogP contribution in [0.2, 0.25) is 10.0 Å². The number of anilines is 2. The minimum absolute atomic E-state index is 0.0410. The van der Waals surface area contributed by atoms with Crippen LogP contribution in [0.1, 0.15) is 25.7 Å². The summed E-state index contributed by atoms with van der Waals surface area (Å²) in [5, 5.41) is 3.28. The van der Waals surface area contributed by atoms with Crippen LogP contribution < -0.4 is 9.62 Å². The van der Waals surface area contributed by atoms with Crippen molar-refractivity contribution in [3.63, 3.8) is 0 Å². The van der Waals surface area contributed by atoms with Crippen LogP contribution in [-0.4, -0.2) is 52.9 Å². The topological polar surface area (TPSA) is 104 Å². The maximum atomic E-state index is 12.6. The quantitative estimate of drug-likeness (QED) is 0.525. The highest BCUT2D eigenvalue weighted by Gasteiger charge is 2.27. The predicted molar refractivity (Wildman–Crippen MR) is 131 cm³/mol. The van der Waals surface area contributed by atoms with Gasteiger partial charge in [0.1, 0.15) is 0 Å². The van der Waals surface area contributed by atoms with Crippen molar-refractivity contribution < 1.29 is 21.6 Å². The minimum Gasteiger partial charge on any atom is -0.326 e. The highest BCUT2D eigenvalue weighted by molar-refractivity contribution is 7.92. The zero-order valence-electron chi connectivity index (χ0n) is 18.0. The Balaban J connectivity index is 1.59. The molecule has 180 valence electrons. The third kappa shape index (κ3) is 6.60. The van der Waals surface area contributed by atoms with Gasteiger partial charge in [-0.25, -0.2) is 16.8 Å². The van der Waals surface area contributed by atoms with E-state index in [-0.39, 0.29) is 40.9 Å². The molecule has 0 radical (unpaired) electrons. The Kier molecular flexibility index (Phi) is 8.28. The minimum atomic E-state index is -3.64. The average molecular weight is 534 g/mol. The van der Waals surface area contributed by atoms with Crippen LogP contribution in [0.3, 0.4) is 0 Å². The fourth-order valence-electron chi connectivity index (χ4n) is 3.54. The van der Waals surface area contributed by atoms with Crippen LogP contribution in [0.4, 0.5) is 11.4 Å². The lowest BCUT2D eigenvalue weighted by Gasteiger charge is -2.23. The molecular weight excluding hydrogens is 509 g/mol. The zero-order chi connectivity index (χ0) is 24.2. The Bertz CT molecular complexity index is 1210.